The molecular weight excluding hydrogens is 228 g/mol. The monoisotopic (exact) mass is 246 g/mol. The van der Waals surface area contributed by atoms with Crippen molar-refractivity contribution in [1.82, 2.24) is 9.32 Å². The predicted octanol–water partition coefficient (Wildman–Crippen LogP) is 2.76. The number of nitrogens with zero attached hydrogens (tertiary/aromatic N) is 2. The van der Waals surface area contributed by atoms with Crippen LogP contribution in [-0.2, 0) is 4.79 Å². The maximum atomic E-state index is 11.9. The number of imide groups is 1. The number of carbonyl (C=O) groups excluding carboxylic acids is 2. The third-order valence-corrected chi connectivity index (χ3v) is 3.46. The van der Waals surface area contributed by atoms with Gasteiger partial charge in [-0.15, -0.1) is 0 Å². The van der Waals surface area contributed by atoms with Crippen LogP contribution >= 0.6 is 11.8 Å². The van der Waals surface area contributed by atoms with Crippen LogP contribution in [0, 0.1) is 0 Å². The molecule has 0 aromatic rings. The molecule has 0 aliphatic carbocycles. The smallest absolute Gasteiger partial charge is 0.272 e. The molecule has 0 saturated carbocycles. The molecule has 1 aliphatic heterocycles. The topological polar surface area (TPSA) is 40.6 Å². The summed E-state index contributed by atoms with van der Waals surface area (Å²) in [6.45, 7) is 5.92. The normalized spacial score (nSPS) is 19.8. The van der Waals surface area contributed by atoms with Gasteiger partial charge >= 0.3 is 6.03 Å². The molecule has 16 heavy (non-hydrogen) atoms. The second kappa shape index (κ2) is 5.04. The van der Waals surface area contributed by atoms with Crippen molar-refractivity contribution in [3.05, 3.63) is 0 Å². The van der Waals surface area contributed by atoms with E-state index in [0.29, 0.717) is 6.54 Å². The first kappa shape index (κ1) is 13.3. The molecule has 0 unspecified atom stereocenters. The molecular formula is C11H19ClN2O2. The van der Waals surface area contributed by atoms with E-state index >= 15 is 0 Å². The Labute approximate surface area is 102 Å². The Balaban J connectivity index is 2.55. The highest BCUT2D eigenvalue weighted by atomic mass is 35.5. The minimum Gasteiger partial charge on any atom is -0.272 e. The minimum atomic E-state index is -0.913. The largest absolute Gasteiger partial charge is 0.342 e. The third-order valence-electron chi connectivity index (χ3n) is 2.89. The SMILES string of the molecule is CCCCCCN1C(=O)N(Cl)C(C)(C)C1=O. The molecule has 0 aromatic carbocycles. The average molecular weight is 247 g/mol. The van der Waals surface area contributed by atoms with E-state index in [-0.39, 0.29) is 5.91 Å². The fourth-order valence-corrected chi connectivity index (χ4v) is 1.90. The Hall–Kier alpha value is -0.770. The average Bonchev–Trinajstić information content (AvgIpc) is 2.38. The van der Waals surface area contributed by atoms with E-state index in [2.05, 4.69) is 6.92 Å². The number of rotatable bonds is 5. The first-order valence-corrected chi connectivity index (χ1v) is 6.08. The zero-order valence-corrected chi connectivity index (χ0v) is 10.9. The summed E-state index contributed by atoms with van der Waals surface area (Å²) in [6.07, 6.45) is 4.15. The summed E-state index contributed by atoms with van der Waals surface area (Å²) in [5, 5.41) is 0. The van der Waals surface area contributed by atoms with Gasteiger partial charge in [-0.25, -0.2) is 9.21 Å². The Bertz CT molecular complexity index is 292. The second-order valence-corrected chi connectivity index (χ2v) is 4.98. The molecule has 1 heterocycles. The molecule has 0 spiro atoms. The lowest BCUT2D eigenvalue weighted by Gasteiger charge is -2.19. The van der Waals surface area contributed by atoms with Crippen LogP contribution in [-0.4, -0.2) is 33.3 Å². The highest BCUT2D eigenvalue weighted by Crippen LogP contribution is 2.29. The van der Waals surface area contributed by atoms with Crippen molar-refractivity contribution >= 4 is 23.7 Å². The zero-order valence-electron chi connectivity index (χ0n) is 10.1. The number of amides is 3. The maximum Gasteiger partial charge on any atom is 0.342 e. The predicted molar refractivity (Wildman–Crippen MR) is 63.0 cm³/mol. The summed E-state index contributed by atoms with van der Waals surface area (Å²) < 4.78 is 0.995. The van der Waals surface area contributed by atoms with Crippen LogP contribution in [0.1, 0.15) is 46.5 Å². The van der Waals surface area contributed by atoms with Crippen LogP contribution in [0.5, 0.6) is 0 Å². The van der Waals surface area contributed by atoms with Gasteiger partial charge in [0.1, 0.15) is 5.54 Å². The lowest BCUT2D eigenvalue weighted by atomic mass is 10.1. The van der Waals surface area contributed by atoms with Gasteiger partial charge in [-0.2, -0.15) is 0 Å². The standard InChI is InChI=1S/C11H19ClN2O2/c1-4-5-6-7-8-13-9(15)11(2,3)14(12)10(13)16/h4-8H2,1-3H3. The summed E-state index contributed by atoms with van der Waals surface area (Å²) in [5.41, 5.74) is -0.913. The van der Waals surface area contributed by atoms with Crippen molar-refractivity contribution in [3.8, 4) is 0 Å². The lowest BCUT2D eigenvalue weighted by molar-refractivity contribution is -0.131. The van der Waals surface area contributed by atoms with Gasteiger partial charge in [0.05, 0.1) is 0 Å². The highest BCUT2D eigenvalue weighted by molar-refractivity contribution is 6.27. The van der Waals surface area contributed by atoms with Crippen LogP contribution in [0.2, 0.25) is 0 Å². The van der Waals surface area contributed by atoms with Crippen LogP contribution in [0.4, 0.5) is 4.79 Å². The summed E-state index contributed by atoms with van der Waals surface area (Å²) in [6, 6.07) is -0.395. The molecule has 92 valence electrons. The quantitative estimate of drug-likeness (QED) is 0.425. The van der Waals surface area contributed by atoms with Crippen molar-refractivity contribution in [2.24, 2.45) is 0 Å². The molecule has 0 radical (unpaired) electrons. The Morgan fingerprint density at radius 3 is 2.25 bits per heavy atom. The Morgan fingerprint density at radius 1 is 1.19 bits per heavy atom. The van der Waals surface area contributed by atoms with Gasteiger partial charge in [-0.05, 0) is 20.3 Å². The first-order chi connectivity index (χ1) is 7.42. The van der Waals surface area contributed by atoms with Gasteiger partial charge < -0.3 is 0 Å². The molecule has 5 heteroatoms. The van der Waals surface area contributed by atoms with Crippen LogP contribution in [0.25, 0.3) is 0 Å². The first-order valence-electron chi connectivity index (χ1n) is 5.75. The summed E-state index contributed by atoms with van der Waals surface area (Å²) in [4.78, 5) is 24.8. The Morgan fingerprint density at radius 2 is 1.81 bits per heavy atom. The van der Waals surface area contributed by atoms with Crippen LogP contribution in [0.15, 0.2) is 0 Å². The van der Waals surface area contributed by atoms with E-state index < -0.39 is 11.6 Å². The van der Waals surface area contributed by atoms with Gasteiger partial charge in [-0.3, -0.25) is 9.69 Å². The molecule has 3 amide bonds. The van der Waals surface area contributed by atoms with Gasteiger partial charge in [0, 0.05) is 18.3 Å². The van der Waals surface area contributed by atoms with E-state index in [1.54, 1.807) is 13.8 Å². The maximum absolute atomic E-state index is 11.9. The number of urea groups is 1. The molecule has 1 rings (SSSR count). The van der Waals surface area contributed by atoms with Gasteiger partial charge in [0.2, 0.25) is 0 Å². The molecule has 4 nitrogen and oxygen atoms in total. The number of hydrogen-bond donors (Lipinski definition) is 0. The van der Waals surface area contributed by atoms with Crippen molar-refractivity contribution in [2.45, 2.75) is 52.0 Å². The third kappa shape index (κ3) is 2.32. The lowest BCUT2D eigenvalue weighted by Crippen LogP contribution is -2.39. The summed E-state index contributed by atoms with van der Waals surface area (Å²) >= 11 is 5.81. The van der Waals surface area contributed by atoms with Gasteiger partial charge in [0.15, 0.2) is 0 Å². The van der Waals surface area contributed by atoms with E-state index in [4.69, 9.17) is 11.8 Å². The fourth-order valence-electron chi connectivity index (χ4n) is 1.74. The second-order valence-electron chi connectivity index (χ2n) is 4.64. The highest BCUT2D eigenvalue weighted by Gasteiger charge is 2.50. The van der Waals surface area contributed by atoms with Crippen LogP contribution < -0.4 is 0 Å². The molecule has 1 aliphatic rings. The van der Waals surface area contributed by atoms with Crippen LogP contribution in [0.3, 0.4) is 0 Å². The van der Waals surface area contributed by atoms with Crippen molar-refractivity contribution in [3.63, 3.8) is 0 Å². The van der Waals surface area contributed by atoms with Crippen molar-refractivity contribution in [1.29, 1.82) is 0 Å². The zero-order chi connectivity index (χ0) is 12.3. The van der Waals surface area contributed by atoms with Crippen molar-refractivity contribution < 1.29 is 9.59 Å². The van der Waals surface area contributed by atoms with E-state index in [1.165, 1.54) is 4.90 Å². The van der Waals surface area contributed by atoms with E-state index in [1.807, 2.05) is 0 Å². The molecule has 1 saturated heterocycles. The van der Waals surface area contributed by atoms with Gasteiger partial charge in [-0.1, -0.05) is 26.2 Å². The number of hydrogen-bond acceptors (Lipinski definition) is 2. The molecule has 0 bridgehead atoms. The van der Waals surface area contributed by atoms with E-state index in [0.717, 1.165) is 30.1 Å². The van der Waals surface area contributed by atoms with E-state index in [9.17, 15) is 9.59 Å². The van der Waals surface area contributed by atoms with Gasteiger partial charge in [0.25, 0.3) is 5.91 Å². The number of carbonyl (C=O) groups is 2. The summed E-state index contributed by atoms with van der Waals surface area (Å²) in [5.74, 6) is -0.205. The fraction of sp³-hybridized carbons (Fsp3) is 0.818. The molecule has 0 atom stereocenters. The number of unbranched alkanes of at least 4 members (excludes halogenated alkanes) is 3. The Kier molecular flexibility index (Phi) is 4.19. The minimum absolute atomic E-state index is 0.205. The summed E-state index contributed by atoms with van der Waals surface area (Å²) in [7, 11) is 0. The van der Waals surface area contributed by atoms with Crippen molar-refractivity contribution in [2.75, 3.05) is 6.54 Å². The molecule has 1 fully saturated rings. The number of halogens is 1. The molecule has 0 aromatic heterocycles. The molecule has 0 N–H and O–H groups in total.